The molecule has 148 valence electrons. The van der Waals surface area contributed by atoms with Crippen molar-refractivity contribution < 1.29 is 9.53 Å². The Bertz CT molecular complexity index is 739. The molecule has 2 fully saturated rings. The largest absolute Gasteiger partial charge is 0.464 e. The van der Waals surface area contributed by atoms with Crippen molar-refractivity contribution in [3.05, 3.63) is 71.8 Å². The van der Waals surface area contributed by atoms with E-state index in [1.54, 1.807) is 0 Å². The lowest BCUT2D eigenvalue weighted by Gasteiger charge is -2.38. The quantitative estimate of drug-likeness (QED) is 0.677. The molecule has 0 radical (unpaired) electrons. The van der Waals surface area contributed by atoms with Crippen molar-refractivity contribution in [1.29, 1.82) is 0 Å². The molecule has 1 saturated heterocycles. The van der Waals surface area contributed by atoms with Gasteiger partial charge in [0.25, 0.3) is 0 Å². The van der Waals surface area contributed by atoms with Crippen LogP contribution in [0.4, 0.5) is 0 Å². The van der Waals surface area contributed by atoms with Crippen molar-refractivity contribution in [1.82, 2.24) is 4.90 Å². The summed E-state index contributed by atoms with van der Waals surface area (Å²) in [5.74, 6) is -0.140. The van der Waals surface area contributed by atoms with Gasteiger partial charge in [0.15, 0.2) is 0 Å². The third kappa shape index (κ3) is 3.60. The van der Waals surface area contributed by atoms with E-state index in [4.69, 9.17) is 4.74 Å². The lowest BCUT2D eigenvalue weighted by molar-refractivity contribution is -0.146. The van der Waals surface area contributed by atoms with Gasteiger partial charge in [0.2, 0.25) is 0 Å². The molecule has 3 unspecified atom stereocenters. The van der Waals surface area contributed by atoms with Crippen LogP contribution in [-0.2, 0) is 14.9 Å². The second-order valence-corrected chi connectivity index (χ2v) is 8.49. The highest BCUT2D eigenvalue weighted by atomic mass is 16.5. The molecule has 0 amide bonds. The molecule has 3 atom stereocenters. The zero-order valence-corrected chi connectivity index (χ0v) is 17.0. The summed E-state index contributed by atoms with van der Waals surface area (Å²) >= 11 is 0. The van der Waals surface area contributed by atoms with Gasteiger partial charge in [-0.15, -0.1) is 0 Å². The van der Waals surface area contributed by atoms with E-state index in [-0.39, 0.29) is 17.3 Å². The van der Waals surface area contributed by atoms with Crippen molar-refractivity contribution in [3.63, 3.8) is 0 Å². The molecular formula is C25H31NO2. The van der Waals surface area contributed by atoms with Crippen LogP contribution in [-0.4, -0.2) is 36.1 Å². The number of piperidine rings is 1. The minimum absolute atomic E-state index is 0.0509. The highest BCUT2D eigenvalue weighted by molar-refractivity contribution is 5.81. The molecule has 3 nitrogen and oxygen atoms in total. The van der Waals surface area contributed by atoms with E-state index in [1.165, 1.54) is 30.4 Å². The number of hydrogen-bond donors (Lipinski definition) is 0. The highest BCUT2D eigenvalue weighted by Gasteiger charge is 2.61. The van der Waals surface area contributed by atoms with Crippen LogP contribution in [0.5, 0.6) is 0 Å². The first-order valence-corrected chi connectivity index (χ1v) is 10.7. The molecule has 0 aromatic heterocycles. The number of benzene rings is 2. The first kappa shape index (κ1) is 19.2. The van der Waals surface area contributed by atoms with Crippen LogP contribution in [0.3, 0.4) is 0 Å². The van der Waals surface area contributed by atoms with E-state index in [1.807, 2.05) is 12.1 Å². The minimum Gasteiger partial charge on any atom is -0.464 e. The Labute approximate surface area is 168 Å². The van der Waals surface area contributed by atoms with E-state index in [0.717, 1.165) is 13.0 Å². The monoisotopic (exact) mass is 377 g/mol. The molecule has 4 rings (SSSR count). The first-order valence-electron chi connectivity index (χ1n) is 10.7. The number of nitrogens with zero attached hydrogens (tertiary/aromatic N) is 1. The van der Waals surface area contributed by atoms with Crippen LogP contribution in [0.1, 0.15) is 50.7 Å². The Morgan fingerprint density at radius 2 is 1.50 bits per heavy atom. The van der Waals surface area contributed by atoms with Gasteiger partial charge in [0.1, 0.15) is 6.61 Å². The van der Waals surface area contributed by atoms with Gasteiger partial charge in [-0.05, 0) is 44.2 Å². The van der Waals surface area contributed by atoms with Gasteiger partial charge < -0.3 is 4.74 Å². The van der Waals surface area contributed by atoms with Crippen LogP contribution in [0.2, 0.25) is 0 Å². The molecule has 0 spiro atoms. The van der Waals surface area contributed by atoms with Crippen LogP contribution in [0.15, 0.2) is 60.7 Å². The number of esters is 1. The summed E-state index contributed by atoms with van der Waals surface area (Å²) in [6.07, 6.45) is 4.62. The molecule has 1 aliphatic carbocycles. The van der Waals surface area contributed by atoms with Gasteiger partial charge in [-0.1, -0.05) is 67.1 Å². The fourth-order valence-electron chi connectivity index (χ4n) is 5.09. The highest BCUT2D eigenvalue weighted by Crippen LogP contribution is 2.59. The maximum Gasteiger partial charge on any atom is 0.310 e. The fourth-order valence-corrected chi connectivity index (χ4v) is 5.09. The number of ether oxygens (including phenoxy) is 1. The normalized spacial score (nSPS) is 26.6. The van der Waals surface area contributed by atoms with Gasteiger partial charge >= 0.3 is 5.97 Å². The van der Waals surface area contributed by atoms with Crippen molar-refractivity contribution >= 4 is 5.97 Å². The maximum absolute atomic E-state index is 12.9. The number of hydrogen-bond acceptors (Lipinski definition) is 3. The molecule has 28 heavy (non-hydrogen) atoms. The van der Waals surface area contributed by atoms with Crippen molar-refractivity contribution in [2.45, 2.75) is 57.0 Å². The summed E-state index contributed by atoms with van der Waals surface area (Å²) < 4.78 is 5.78. The van der Waals surface area contributed by atoms with E-state index in [0.29, 0.717) is 18.7 Å². The lowest BCUT2D eigenvalue weighted by Crippen LogP contribution is -2.45. The number of carbonyl (C=O) groups excluding carboxylic acids is 1. The summed E-state index contributed by atoms with van der Waals surface area (Å²) in [4.78, 5) is 15.4. The average molecular weight is 378 g/mol. The minimum atomic E-state index is -0.231. The topological polar surface area (TPSA) is 29.5 Å². The Morgan fingerprint density at radius 1 is 0.964 bits per heavy atom. The SMILES string of the molecule is CC1CCCC(C)N1CCOC(=O)C1CC1(c1ccccc1)c1ccccc1. The smallest absolute Gasteiger partial charge is 0.310 e. The Morgan fingerprint density at radius 3 is 2.04 bits per heavy atom. The Kier molecular flexibility index (Phi) is 5.54. The third-order valence-electron chi connectivity index (χ3n) is 6.79. The number of likely N-dealkylation sites (tertiary alicyclic amines) is 1. The zero-order chi connectivity index (χ0) is 19.6. The molecule has 2 aromatic rings. The molecule has 1 heterocycles. The molecule has 3 heteroatoms. The van der Waals surface area contributed by atoms with Crippen molar-refractivity contribution in [2.24, 2.45) is 5.92 Å². The van der Waals surface area contributed by atoms with E-state index in [9.17, 15) is 4.79 Å². The van der Waals surface area contributed by atoms with Gasteiger partial charge in [-0.3, -0.25) is 9.69 Å². The summed E-state index contributed by atoms with van der Waals surface area (Å²) in [7, 11) is 0. The average Bonchev–Trinajstić information content (AvgIpc) is 3.49. The molecule has 1 aliphatic heterocycles. The van der Waals surface area contributed by atoms with E-state index in [2.05, 4.69) is 67.3 Å². The molecule has 0 bridgehead atoms. The van der Waals surface area contributed by atoms with Gasteiger partial charge in [-0.2, -0.15) is 0 Å². The summed E-state index contributed by atoms with van der Waals surface area (Å²) in [6, 6.07) is 22.0. The van der Waals surface area contributed by atoms with Gasteiger partial charge in [-0.25, -0.2) is 0 Å². The predicted octanol–water partition coefficient (Wildman–Crippen LogP) is 4.80. The number of rotatable bonds is 6. The maximum atomic E-state index is 12.9. The Balaban J connectivity index is 1.43. The van der Waals surface area contributed by atoms with Crippen LogP contribution in [0, 0.1) is 5.92 Å². The van der Waals surface area contributed by atoms with Crippen LogP contribution in [0.25, 0.3) is 0 Å². The molecule has 0 N–H and O–H groups in total. The van der Waals surface area contributed by atoms with E-state index >= 15 is 0 Å². The fraction of sp³-hybridized carbons (Fsp3) is 0.480. The lowest BCUT2D eigenvalue weighted by atomic mass is 9.86. The van der Waals surface area contributed by atoms with Gasteiger partial charge in [0.05, 0.1) is 5.92 Å². The molecule has 1 saturated carbocycles. The zero-order valence-electron chi connectivity index (χ0n) is 17.0. The summed E-state index contributed by atoms with van der Waals surface area (Å²) in [5, 5.41) is 0. The van der Waals surface area contributed by atoms with Crippen LogP contribution >= 0.6 is 0 Å². The second kappa shape index (κ2) is 8.08. The predicted molar refractivity (Wildman–Crippen MR) is 112 cm³/mol. The summed E-state index contributed by atoms with van der Waals surface area (Å²) in [6.45, 7) is 5.90. The Hall–Kier alpha value is -2.13. The second-order valence-electron chi connectivity index (χ2n) is 8.49. The molecule has 2 aromatic carbocycles. The standard InChI is InChI=1S/C25H31NO2/c1-19-10-9-11-20(2)26(19)16-17-28-24(27)23-18-25(23,21-12-5-3-6-13-21)22-14-7-4-8-15-22/h3-8,12-15,19-20,23H,9-11,16-18H2,1-2H3. The molecule has 2 aliphatic rings. The third-order valence-corrected chi connectivity index (χ3v) is 6.79. The van der Waals surface area contributed by atoms with Crippen LogP contribution < -0.4 is 0 Å². The molecular weight excluding hydrogens is 346 g/mol. The van der Waals surface area contributed by atoms with Crippen molar-refractivity contribution in [3.8, 4) is 0 Å². The van der Waals surface area contributed by atoms with Gasteiger partial charge in [0, 0.05) is 24.0 Å². The van der Waals surface area contributed by atoms with E-state index < -0.39 is 0 Å². The number of carbonyl (C=O) groups is 1. The summed E-state index contributed by atoms with van der Waals surface area (Å²) in [5.41, 5.74) is 2.19. The van der Waals surface area contributed by atoms with Crippen molar-refractivity contribution in [2.75, 3.05) is 13.2 Å². The first-order chi connectivity index (χ1) is 13.6.